The minimum atomic E-state index is 0.114. The lowest BCUT2D eigenvalue weighted by Gasteiger charge is -2.32. The lowest BCUT2D eigenvalue weighted by molar-refractivity contribution is 0.0698. The fourth-order valence-electron chi connectivity index (χ4n) is 2.89. The van der Waals surface area contributed by atoms with E-state index < -0.39 is 0 Å². The first-order valence-electron chi connectivity index (χ1n) is 7.75. The summed E-state index contributed by atoms with van der Waals surface area (Å²) in [7, 11) is 1.96. The van der Waals surface area contributed by atoms with Crippen molar-refractivity contribution in [1.29, 1.82) is 0 Å². The molecule has 2 heterocycles. The second-order valence-electron chi connectivity index (χ2n) is 5.89. The standard InChI is InChI=1S/C17H22N4O/c1-13-10-19-21(11-13)16-7-5-14(6-8-16)17(22)20-9-3-4-15(12-20)18-2/h5-8,10-11,15,18H,3-4,9,12H2,1-2H3/t15-/m1/s1. The quantitative estimate of drug-likeness (QED) is 0.943. The molecule has 5 heteroatoms. The number of rotatable bonds is 3. The van der Waals surface area contributed by atoms with Crippen molar-refractivity contribution in [2.75, 3.05) is 20.1 Å². The average molecular weight is 298 g/mol. The Morgan fingerprint density at radius 1 is 1.32 bits per heavy atom. The number of hydrogen-bond donors (Lipinski definition) is 1. The minimum absolute atomic E-state index is 0.114. The van der Waals surface area contributed by atoms with Gasteiger partial charge in [0.25, 0.3) is 5.91 Å². The largest absolute Gasteiger partial charge is 0.337 e. The maximum absolute atomic E-state index is 12.6. The zero-order valence-corrected chi connectivity index (χ0v) is 13.1. The van der Waals surface area contributed by atoms with Crippen LogP contribution in [0.4, 0.5) is 0 Å². The normalized spacial score (nSPS) is 18.5. The first-order valence-corrected chi connectivity index (χ1v) is 7.75. The Morgan fingerprint density at radius 3 is 2.73 bits per heavy atom. The highest BCUT2D eigenvalue weighted by molar-refractivity contribution is 5.94. The van der Waals surface area contributed by atoms with Crippen LogP contribution in [0.2, 0.25) is 0 Å². The first-order chi connectivity index (χ1) is 10.7. The van der Waals surface area contributed by atoms with Crippen LogP contribution in [0, 0.1) is 6.92 Å². The Morgan fingerprint density at radius 2 is 2.09 bits per heavy atom. The smallest absolute Gasteiger partial charge is 0.253 e. The van der Waals surface area contributed by atoms with E-state index in [1.54, 1.807) is 0 Å². The molecule has 116 valence electrons. The molecule has 5 nitrogen and oxygen atoms in total. The number of likely N-dealkylation sites (N-methyl/N-ethyl adjacent to an activating group) is 1. The topological polar surface area (TPSA) is 50.2 Å². The predicted molar refractivity (Wildman–Crippen MR) is 86.3 cm³/mol. The van der Waals surface area contributed by atoms with Crippen molar-refractivity contribution in [1.82, 2.24) is 20.0 Å². The summed E-state index contributed by atoms with van der Waals surface area (Å²) in [5.41, 5.74) is 2.83. The fraction of sp³-hybridized carbons (Fsp3) is 0.412. The maximum Gasteiger partial charge on any atom is 0.253 e. The fourth-order valence-corrected chi connectivity index (χ4v) is 2.89. The molecule has 0 bridgehead atoms. The highest BCUT2D eigenvalue weighted by Gasteiger charge is 2.23. The number of likely N-dealkylation sites (tertiary alicyclic amines) is 1. The van der Waals surface area contributed by atoms with E-state index in [2.05, 4.69) is 10.4 Å². The molecule has 1 aromatic heterocycles. The number of carbonyl (C=O) groups is 1. The SMILES string of the molecule is CN[C@@H]1CCCN(C(=O)c2ccc(-n3cc(C)cn3)cc2)C1. The molecule has 1 N–H and O–H groups in total. The Labute approximate surface area is 130 Å². The van der Waals surface area contributed by atoms with Crippen molar-refractivity contribution in [2.24, 2.45) is 0 Å². The van der Waals surface area contributed by atoms with Crippen LogP contribution in [0.3, 0.4) is 0 Å². The summed E-state index contributed by atoms with van der Waals surface area (Å²) in [6.07, 6.45) is 5.99. The molecule has 1 atom stereocenters. The van der Waals surface area contributed by atoms with E-state index in [9.17, 15) is 4.79 Å². The van der Waals surface area contributed by atoms with Crippen molar-refractivity contribution in [3.63, 3.8) is 0 Å². The molecular formula is C17H22N4O. The summed E-state index contributed by atoms with van der Waals surface area (Å²) in [4.78, 5) is 14.5. The summed E-state index contributed by atoms with van der Waals surface area (Å²) in [6, 6.07) is 8.07. The van der Waals surface area contributed by atoms with Gasteiger partial charge in [-0.25, -0.2) is 4.68 Å². The molecule has 0 radical (unpaired) electrons. The second-order valence-corrected chi connectivity index (χ2v) is 5.89. The molecule has 3 rings (SSSR count). The summed E-state index contributed by atoms with van der Waals surface area (Å²) in [6.45, 7) is 3.64. The van der Waals surface area contributed by atoms with Gasteiger partial charge >= 0.3 is 0 Å². The summed E-state index contributed by atoms with van der Waals surface area (Å²) in [5, 5.41) is 7.55. The summed E-state index contributed by atoms with van der Waals surface area (Å²) >= 11 is 0. The number of carbonyl (C=O) groups excluding carboxylic acids is 1. The van der Waals surface area contributed by atoms with Gasteiger partial charge < -0.3 is 10.2 Å². The molecule has 0 spiro atoms. The minimum Gasteiger partial charge on any atom is -0.337 e. The summed E-state index contributed by atoms with van der Waals surface area (Å²) in [5.74, 6) is 0.114. The predicted octanol–water partition coefficient (Wildman–Crippen LogP) is 2.00. The monoisotopic (exact) mass is 298 g/mol. The molecule has 1 fully saturated rings. The molecule has 1 aliphatic rings. The van der Waals surface area contributed by atoms with Crippen LogP contribution >= 0.6 is 0 Å². The third-order valence-corrected chi connectivity index (χ3v) is 4.21. The third-order valence-electron chi connectivity index (χ3n) is 4.21. The molecular weight excluding hydrogens is 276 g/mol. The Balaban J connectivity index is 1.73. The van der Waals surface area contributed by atoms with Crippen LogP contribution in [0.1, 0.15) is 28.8 Å². The number of aryl methyl sites for hydroxylation is 1. The average Bonchev–Trinajstić information content (AvgIpc) is 3.01. The van der Waals surface area contributed by atoms with Gasteiger partial charge in [-0.2, -0.15) is 5.10 Å². The lowest BCUT2D eigenvalue weighted by Crippen LogP contribution is -2.46. The van der Waals surface area contributed by atoms with Gasteiger partial charge in [-0.15, -0.1) is 0 Å². The number of benzene rings is 1. The van der Waals surface area contributed by atoms with E-state index in [-0.39, 0.29) is 5.91 Å². The molecule has 22 heavy (non-hydrogen) atoms. The lowest BCUT2D eigenvalue weighted by atomic mass is 10.0. The molecule has 0 unspecified atom stereocenters. The molecule has 2 aromatic rings. The van der Waals surface area contributed by atoms with Gasteiger partial charge in [0.1, 0.15) is 0 Å². The molecule has 0 saturated carbocycles. The van der Waals surface area contributed by atoms with E-state index in [1.165, 1.54) is 0 Å². The number of nitrogens with one attached hydrogen (secondary N) is 1. The van der Waals surface area contributed by atoms with Crippen molar-refractivity contribution in [2.45, 2.75) is 25.8 Å². The number of amides is 1. The van der Waals surface area contributed by atoms with Crippen LogP contribution in [0.5, 0.6) is 0 Å². The molecule has 1 saturated heterocycles. The van der Waals surface area contributed by atoms with Crippen molar-refractivity contribution >= 4 is 5.91 Å². The van der Waals surface area contributed by atoms with Gasteiger partial charge in [0, 0.05) is 30.9 Å². The van der Waals surface area contributed by atoms with E-state index in [1.807, 2.05) is 60.2 Å². The van der Waals surface area contributed by atoms with Gasteiger partial charge in [-0.1, -0.05) is 0 Å². The molecule has 1 amide bonds. The van der Waals surface area contributed by atoms with Crippen LogP contribution in [0.25, 0.3) is 5.69 Å². The number of hydrogen-bond acceptors (Lipinski definition) is 3. The first kappa shape index (κ1) is 14.8. The maximum atomic E-state index is 12.6. The summed E-state index contributed by atoms with van der Waals surface area (Å²) < 4.78 is 1.82. The highest BCUT2D eigenvalue weighted by Crippen LogP contribution is 2.15. The molecule has 0 aliphatic carbocycles. The van der Waals surface area contributed by atoms with Gasteiger partial charge in [-0.3, -0.25) is 4.79 Å². The number of piperidine rings is 1. The molecule has 1 aromatic carbocycles. The van der Waals surface area contributed by atoms with Gasteiger partial charge in [0.05, 0.1) is 11.9 Å². The second kappa shape index (κ2) is 6.32. The zero-order valence-electron chi connectivity index (χ0n) is 13.1. The third kappa shape index (κ3) is 3.04. The Kier molecular flexibility index (Phi) is 4.24. The number of aromatic nitrogens is 2. The van der Waals surface area contributed by atoms with Crippen LogP contribution in [-0.4, -0.2) is 46.8 Å². The van der Waals surface area contributed by atoms with Gasteiger partial charge in [0.2, 0.25) is 0 Å². The molecule has 1 aliphatic heterocycles. The number of nitrogens with zero attached hydrogens (tertiary/aromatic N) is 3. The van der Waals surface area contributed by atoms with Crippen molar-refractivity contribution in [3.8, 4) is 5.69 Å². The van der Waals surface area contributed by atoms with Gasteiger partial charge in [0.15, 0.2) is 0 Å². The zero-order chi connectivity index (χ0) is 15.5. The highest BCUT2D eigenvalue weighted by atomic mass is 16.2. The Hall–Kier alpha value is -2.14. The van der Waals surface area contributed by atoms with E-state index in [0.717, 1.165) is 42.7 Å². The van der Waals surface area contributed by atoms with Crippen LogP contribution in [-0.2, 0) is 0 Å². The van der Waals surface area contributed by atoms with Crippen molar-refractivity contribution in [3.05, 3.63) is 47.8 Å². The van der Waals surface area contributed by atoms with Crippen LogP contribution < -0.4 is 5.32 Å². The van der Waals surface area contributed by atoms with Crippen molar-refractivity contribution < 1.29 is 4.79 Å². The van der Waals surface area contributed by atoms with Crippen LogP contribution in [0.15, 0.2) is 36.7 Å². The van der Waals surface area contributed by atoms with E-state index in [4.69, 9.17) is 0 Å². The van der Waals surface area contributed by atoms with Gasteiger partial charge in [-0.05, 0) is 56.6 Å². The van der Waals surface area contributed by atoms with E-state index in [0.29, 0.717) is 6.04 Å². The van der Waals surface area contributed by atoms with E-state index >= 15 is 0 Å². The Bertz CT molecular complexity index is 647.